The van der Waals surface area contributed by atoms with Gasteiger partial charge in [0.1, 0.15) is 5.00 Å². The van der Waals surface area contributed by atoms with E-state index in [1.165, 1.54) is 17.4 Å². The van der Waals surface area contributed by atoms with Crippen LogP contribution in [0.4, 0.5) is 5.00 Å². The number of amides is 1. The minimum atomic E-state index is -1.06. The first-order valence-corrected chi connectivity index (χ1v) is 6.98. The van der Waals surface area contributed by atoms with E-state index in [4.69, 9.17) is 16.7 Å². The van der Waals surface area contributed by atoms with Crippen LogP contribution in [0, 0.1) is 13.8 Å². The second kappa shape index (κ2) is 5.64. The van der Waals surface area contributed by atoms with Crippen molar-refractivity contribution in [1.82, 2.24) is 0 Å². The third kappa shape index (κ3) is 3.18. The van der Waals surface area contributed by atoms with Gasteiger partial charge in [-0.1, -0.05) is 11.6 Å². The molecule has 6 heteroatoms. The average Bonchev–Trinajstić information content (AvgIpc) is 2.69. The van der Waals surface area contributed by atoms with Gasteiger partial charge in [-0.05, 0) is 43.7 Å². The van der Waals surface area contributed by atoms with Gasteiger partial charge in [0.25, 0.3) is 5.91 Å². The van der Waals surface area contributed by atoms with E-state index < -0.39 is 5.97 Å². The van der Waals surface area contributed by atoms with Crippen molar-refractivity contribution in [2.45, 2.75) is 13.8 Å². The molecule has 0 bridgehead atoms. The number of anilines is 1. The summed E-state index contributed by atoms with van der Waals surface area (Å²) in [5, 5.41) is 12.5. The minimum absolute atomic E-state index is 0.0969. The molecule has 4 nitrogen and oxygen atoms in total. The van der Waals surface area contributed by atoms with Gasteiger partial charge in [-0.3, -0.25) is 4.79 Å². The number of carbonyl (C=O) groups is 2. The lowest BCUT2D eigenvalue weighted by Gasteiger charge is -2.06. The zero-order chi connectivity index (χ0) is 14.9. The lowest BCUT2D eigenvalue weighted by atomic mass is 10.1. The Morgan fingerprint density at radius 3 is 2.50 bits per heavy atom. The van der Waals surface area contributed by atoms with Gasteiger partial charge in [-0.25, -0.2) is 4.79 Å². The van der Waals surface area contributed by atoms with Crippen molar-refractivity contribution in [3.8, 4) is 0 Å². The van der Waals surface area contributed by atoms with Crippen molar-refractivity contribution in [2.24, 2.45) is 0 Å². The highest BCUT2D eigenvalue weighted by Gasteiger charge is 2.17. The number of hydrogen-bond acceptors (Lipinski definition) is 3. The van der Waals surface area contributed by atoms with E-state index in [0.717, 1.165) is 10.4 Å². The highest BCUT2D eigenvalue weighted by Crippen LogP contribution is 2.28. The lowest BCUT2D eigenvalue weighted by molar-refractivity contribution is 0.0698. The van der Waals surface area contributed by atoms with Crippen LogP contribution >= 0.6 is 22.9 Å². The molecule has 0 fully saturated rings. The van der Waals surface area contributed by atoms with Gasteiger partial charge in [0, 0.05) is 15.5 Å². The Labute approximate surface area is 125 Å². The first-order valence-electron chi connectivity index (χ1n) is 5.79. The third-order valence-electron chi connectivity index (χ3n) is 2.62. The van der Waals surface area contributed by atoms with E-state index in [0.29, 0.717) is 15.6 Å². The largest absolute Gasteiger partial charge is 0.478 e. The first-order chi connectivity index (χ1) is 9.36. The van der Waals surface area contributed by atoms with Crippen LogP contribution in [0.3, 0.4) is 0 Å². The van der Waals surface area contributed by atoms with Crippen LogP contribution in [0.2, 0.25) is 5.02 Å². The van der Waals surface area contributed by atoms with Crippen molar-refractivity contribution in [2.75, 3.05) is 5.32 Å². The van der Waals surface area contributed by atoms with Gasteiger partial charge in [-0.15, -0.1) is 11.3 Å². The predicted molar refractivity (Wildman–Crippen MR) is 80.2 cm³/mol. The zero-order valence-electron chi connectivity index (χ0n) is 10.9. The van der Waals surface area contributed by atoms with Crippen molar-refractivity contribution in [3.63, 3.8) is 0 Å². The second-order valence-electron chi connectivity index (χ2n) is 4.38. The van der Waals surface area contributed by atoms with Gasteiger partial charge in [0.05, 0.1) is 5.56 Å². The van der Waals surface area contributed by atoms with E-state index >= 15 is 0 Å². The number of carbonyl (C=O) groups excluding carboxylic acids is 1. The van der Waals surface area contributed by atoms with Crippen LogP contribution in [0.15, 0.2) is 24.3 Å². The van der Waals surface area contributed by atoms with Crippen molar-refractivity contribution < 1.29 is 14.7 Å². The van der Waals surface area contributed by atoms with Crippen LogP contribution < -0.4 is 5.32 Å². The minimum Gasteiger partial charge on any atom is -0.478 e. The number of rotatable bonds is 3. The van der Waals surface area contributed by atoms with Crippen molar-refractivity contribution in [3.05, 3.63) is 50.9 Å². The number of halogens is 1. The lowest BCUT2D eigenvalue weighted by Crippen LogP contribution is -2.13. The summed E-state index contributed by atoms with van der Waals surface area (Å²) in [5.74, 6) is -1.44. The molecule has 0 unspecified atom stereocenters. The summed E-state index contributed by atoms with van der Waals surface area (Å²) >= 11 is 7.14. The molecule has 0 saturated heterocycles. The molecule has 0 radical (unpaired) electrons. The molecule has 1 heterocycles. The fraction of sp³-hybridized carbons (Fsp3) is 0.143. The molecular formula is C14H12ClNO3S. The summed E-state index contributed by atoms with van der Waals surface area (Å²) in [4.78, 5) is 24.1. The molecule has 2 N–H and O–H groups in total. The molecule has 104 valence electrons. The molecule has 2 rings (SSSR count). The molecular weight excluding hydrogens is 298 g/mol. The monoisotopic (exact) mass is 309 g/mol. The number of benzene rings is 1. The number of nitrogens with one attached hydrogen (secondary N) is 1. The summed E-state index contributed by atoms with van der Waals surface area (Å²) in [6.07, 6.45) is 0. The number of hydrogen-bond donors (Lipinski definition) is 2. The first kappa shape index (κ1) is 14.6. The Morgan fingerprint density at radius 1 is 1.20 bits per heavy atom. The third-order valence-corrected chi connectivity index (χ3v) is 3.80. The summed E-state index contributed by atoms with van der Waals surface area (Å²) in [5.41, 5.74) is 1.36. The molecule has 1 amide bonds. The van der Waals surface area contributed by atoms with Gasteiger partial charge < -0.3 is 10.4 Å². The van der Waals surface area contributed by atoms with Gasteiger partial charge >= 0.3 is 5.97 Å². The smallest absolute Gasteiger partial charge is 0.338 e. The maximum atomic E-state index is 12.1. The molecule has 0 saturated carbocycles. The maximum absolute atomic E-state index is 12.1. The van der Waals surface area contributed by atoms with Crippen LogP contribution in [-0.2, 0) is 0 Å². The fourth-order valence-corrected chi connectivity index (χ4v) is 3.00. The van der Waals surface area contributed by atoms with E-state index in [9.17, 15) is 9.59 Å². The van der Waals surface area contributed by atoms with E-state index in [2.05, 4.69) is 5.32 Å². The van der Waals surface area contributed by atoms with Gasteiger partial charge in [-0.2, -0.15) is 0 Å². The summed E-state index contributed by atoms with van der Waals surface area (Å²) in [7, 11) is 0. The van der Waals surface area contributed by atoms with Gasteiger partial charge in [0.2, 0.25) is 0 Å². The van der Waals surface area contributed by atoms with Gasteiger partial charge in [0.15, 0.2) is 0 Å². The molecule has 2 aromatic rings. The molecule has 20 heavy (non-hydrogen) atoms. The molecule has 0 aliphatic rings. The number of aromatic carboxylic acids is 1. The Bertz CT molecular complexity index is 673. The molecule has 0 aliphatic carbocycles. The maximum Gasteiger partial charge on any atom is 0.338 e. The highest BCUT2D eigenvalue weighted by atomic mass is 35.5. The van der Waals surface area contributed by atoms with E-state index in [-0.39, 0.29) is 11.5 Å². The molecule has 1 aromatic carbocycles. The number of carboxylic acids is 1. The molecule has 0 aliphatic heterocycles. The zero-order valence-corrected chi connectivity index (χ0v) is 12.4. The fourth-order valence-electron chi connectivity index (χ4n) is 1.81. The second-order valence-corrected chi connectivity index (χ2v) is 6.07. The van der Waals surface area contributed by atoms with Crippen LogP contribution in [-0.4, -0.2) is 17.0 Å². The molecule has 0 atom stereocenters. The number of thiophene rings is 1. The standard InChI is InChI=1S/C14H12ClNO3S/c1-7-3-9(6-10(15)4-7)12(17)16-13-11(14(18)19)5-8(2)20-13/h3-6H,1-2H3,(H,16,17)(H,18,19). The molecule has 1 aromatic heterocycles. The van der Waals surface area contributed by atoms with Crippen LogP contribution in [0.5, 0.6) is 0 Å². The summed E-state index contributed by atoms with van der Waals surface area (Å²) in [6, 6.07) is 6.52. The molecule has 0 spiro atoms. The topological polar surface area (TPSA) is 66.4 Å². The quantitative estimate of drug-likeness (QED) is 0.901. The predicted octanol–water partition coefficient (Wildman–Crippen LogP) is 3.97. The summed E-state index contributed by atoms with van der Waals surface area (Å²) < 4.78 is 0. The Morgan fingerprint density at radius 2 is 1.90 bits per heavy atom. The number of carboxylic acid groups (broad SMARTS) is 1. The highest BCUT2D eigenvalue weighted by molar-refractivity contribution is 7.16. The Kier molecular flexibility index (Phi) is 4.11. The Hall–Kier alpha value is -1.85. The summed E-state index contributed by atoms with van der Waals surface area (Å²) in [6.45, 7) is 3.62. The van der Waals surface area contributed by atoms with Crippen LogP contribution in [0.25, 0.3) is 0 Å². The number of aryl methyl sites for hydroxylation is 2. The Balaban J connectivity index is 2.30. The van der Waals surface area contributed by atoms with Crippen molar-refractivity contribution in [1.29, 1.82) is 0 Å². The SMILES string of the molecule is Cc1cc(Cl)cc(C(=O)Nc2sc(C)cc2C(=O)O)c1. The average molecular weight is 310 g/mol. The van der Waals surface area contributed by atoms with Crippen LogP contribution in [0.1, 0.15) is 31.2 Å². The van der Waals surface area contributed by atoms with Crippen molar-refractivity contribution >= 4 is 39.8 Å². The van der Waals surface area contributed by atoms with E-state index in [1.807, 2.05) is 6.92 Å². The van der Waals surface area contributed by atoms with E-state index in [1.54, 1.807) is 25.1 Å². The normalized spacial score (nSPS) is 10.3.